The molecule has 0 aromatic rings. The largest absolute Gasteiger partial charge is 0.433 e. The number of hydrogen-bond donors (Lipinski definition) is 1. The molecule has 1 rings (SSSR count). The summed E-state index contributed by atoms with van der Waals surface area (Å²) in [4.78, 5) is 19.9. The molecule has 1 aliphatic rings. The summed E-state index contributed by atoms with van der Waals surface area (Å²) in [5.41, 5.74) is 1.04. The first kappa shape index (κ1) is 15.0. The Hall–Kier alpha value is -1.04. The number of hydrogen-bond acceptors (Lipinski definition) is 4. The van der Waals surface area contributed by atoms with Gasteiger partial charge in [0.05, 0.1) is 4.75 Å². The van der Waals surface area contributed by atoms with Crippen LogP contribution in [0.5, 0.6) is 0 Å². The molecule has 1 N–H and O–H groups in total. The zero-order chi connectivity index (χ0) is 13.6. The lowest BCUT2D eigenvalue weighted by Crippen LogP contribution is -2.26. The molecule has 0 bridgehead atoms. The van der Waals surface area contributed by atoms with Gasteiger partial charge in [-0.25, -0.2) is 9.79 Å². The number of amides is 1. The van der Waals surface area contributed by atoms with Crippen LogP contribution in [0.2, 0.25) is 0 Å². The highest BCUT2D eigenvalue weighted by Crippen LogP contribution is 2.38. The maximum Gasteiger partial charge on any atom is 0.433 e. The molecule has 1 unspecified atom stereocenters. The Morgan fingerprint density at radius 2 is 2.28 bits per heavy atom. The molecule has 0 radical (unpaired) electrons. The van der Waals surface area contributed by atoms with Crippen molar-refractivity contribution in [3.63, 3.8) is 0 Å². The average molecular weight is 271 g/mol. The predicted molar refractivity (Wildman–Crippen MR) is 76.2 cm³/mol. The van der Waals surface area contributed by atoms with E-state index in [1.165, 1.54) is 26.3 Å². The van der Waals surface area contributed by atoms with Gasteiger partial charge < -0.3 is 5.32 Å². The van der Waals surface area contributed by atoms with Gasteiger partial charge in [0, 0.05) is 12.8 Å². The van der Waals surface area contributed by atoms with Crippen LogP contribution >= 0.6 is 11.8 Å². The Balaban J connectivity index is 2.57. The minimum absolute atomic E-state index is 0.0138. The standard InChI is InChI=1S/C12H21N3O2S/c1-5-6-7-8-12(3)9(2)14-10(18-12)15-17-11(16)13-4/h5-8H2,1-4H3,(H,13,16). The maximum atomic E-state index is 10.9. The zero-order valence-electron chi connectivity index (χ0n) is 11.4. The number of nitrogens with zero attached hydrogens (tertiary/aromatic N) is 2. The van der Waals surface area contributed by atoms with Crippen LogP contribution in [-0.4, -0.2) is 28.8 Å². The molecule has 0 aromatic heterocycles. The number of rotatable bonds is 5. The Morgan fingerprint density at radius 1 is 1.56 bits per heavy atom. The van der Waals surface area contributed by atoms with Gasteiger partial charge in [-0.05, 0) is 25.4 Å². The number of aliphatic imine (C=N–C) groups is 1. The lowest BCUT2D eigenvalue weighted by molar-refractivity contribution is 0.153. The summed E-state index contributed by atoms with van der Waals surface area (Å²) in [5.74, 6) is 0. The van der Waals surface area contributed by atoms with Gasteiger partial charge in [-0.2, -0.15) is 0 Å². The van der Waals surface area contributed by atoms with E-state index < -0.39 is 6.09 Å². The van der Waals surface area contributed by atoms with Crippen LogP contribution in [-0.2, 0) is 4.84 Å². The SMILES string of the molecule is CCCCCC1(C)SC(=NOC(=O)NC)N=C1C. The Kier molecular flexibility index (Phi) is 5.65. The van der Waals surface area contributed by atoms with Crippen molar-refractivity contribution in [2.45, 2.75) is 51.2 Å². The topological polar surface area (TPSA) is 63.0 Å². The summed E-state index contributed by atoms with van der Waals surface area (Å²) >= 11 is 1.57. The van der Waals surface area contributed by atoms with Crippen LogP contribution in [0.3, 0.4) is 0 Å². The van der Waals surface area contributed by atoms with Crippen molar-refractivity contribution in [2.75, 3.05) is 7.05 Å². The number of thioether (sulfide) groups is 1. The van der Waals surface area contributed by atoms with Crippen molar-refractivity contribution in [3.05, 3.63) is 0 Å². The number of nitrogens with one attached hydrogen (secondary N) is 1. The van der Waals surface area contributed by atoms with Gasteiger partial charge >= 0.3 is 6.09 Å². The second-order valence-electron chi connectivity index (χ2n) is 4.49. The first-order chi connectivity index (χ1) is 8.51. The number of unbranched alkanes of at least 4 members (excludes halogenated alkanes) is 2. The Bertz CT molecular complexity index is 368. The molecule has 1 atom stereocenters. The van der Waals surface area contributed by atoms with Crippen molar-refractivity contribution in [3.8, 4) is 0 Å². The summed E-state index contributed by atoms with van der Waals surface area (Å²) in [6, 6.07) is 0. The van der Waals surface area contributed by atoms with Crippen LogP contribution in [0.25, 0.3) is 0 Å². The fourth-order valence-electron chi connectivity index (χ4n) is 1.67. The van der Waals surface area contributed by atoms with E-state index in [0.717, 1.165) is 12.1 Å². The molecule has 1 amide bonds. The molecule has 0 saturated carbocycles. The zero-order valence-corrected chi connectivity index (χ0v) is 12.3. The second-order valence-corrected chi connectivity index (χ2v) is 5.96. The molecule has 5 nitrogen and oxygen atoms in total. The fraction of sp³-hybridized carbons (Fsp3) is 0.750. The van der Waals surface area contributed by atoms with Gasteiger partial charge in [0.2, 0.25) is 5.17 Å². The summed E-state index contributed by atoms with van der Waals surface area (Å²) in [6.07, 6.45) is 4.11. The molecular formula is C12H21N3O2S. The van der Waals surface area contributed by atoms with Gasteiger partial charge in [0.1, 0.15) is 0 Å². The maximum absolute atomic E-state index is 10.9. The van der Waals surface area contributed by atoms with E-state index in [2.05, 4.69) is 34.1 Å². The molecule has 0 spiro atoms. The molecule has 0 fully saturated rings. The third kappa shape index (κ3) is 4.01. The molecular weight excluding hydrogens is 250 g/mol. The molecule has 1 heterocycles. The minimum Gasteiger partial charge on any atom is -0.323 e. The van der Waals surface area contributed by atoms with Crippen molar-refractivity contribution in [1.82, 2.24) is 5.32 Å². The highest BCUT2D eigenvalue weighted by atomic mass is 32.2. The van der Waals surface area contributed by atoms with E-state index in [9.17, 15) is 4.79 Å². The van der Waals surface area contributed by atoms with E-state index in [1.54, 1.807) is 11.8 Å². The number of oxime groups is 1. The van der Waals surface area contributed by atoms with Crippen molar-refractivity contribution < 1.29 is 9.63 Å². The van der Waals surface area contributed by atoms with Crippen molar-refractivity contribution in [2.24, 2.45) is 10.1 Å². The summed E-state index contributed by atoms with van der Waals surface area (Å²) in [6.45, 7) is 6.35. The first-order valence-electron chi connectivity index (χ1n) is 6.23. The van der Waals surface area contributed by atoms with Crippen LogP contribution in [0, 0.1) is 0 Å². The molecule has 102 valence electrons. The van der Waals surface area contributed by atoms with Gasteiger partial charge in [-0.1, -0.05) is 37.9 Å². The molecule has 18 heavy (non-hydrogen) atoms. The lowest BCUT2D eigenvalue weighted by Gasteiger charge is -2.22. The molecule has 6 heteroatoms. The van der Waals surface area contributed by atoms with E-state index in [0.29, 0.717) is 5.17 Å². The smallest absolute Gasteiger partial charge is 0.323 e. The number of amidine groups is 1. The fourth-order valence-corrected chi connectivity index (χ4v) is 2.77. The number of carbonyl (C=O) groups excluding carboxylic acids is 1. The summed E-state index contributed by atoms with van der Waals surface area (Å²) < 4.78 is -0.0138. The second kappa shape index (κ2) is 6.78. The average Bonchev–Trinajstić information content (AvgIpc) is 2.63. The van der Waals surface area contributed by atoms with Crippen molar-refractivity contribution in [1.29, 1.82) is 0 Å². The van der Waals surface area contributed by atoms with Crippen LogP contribution in [0.4, 0.5) is 4.79 Å². The molecule has 0 aromatic carbocycles. The third-order valence-corrected chi connectivity index (χ3v) is 4.31. The van der Waals surface area contributed by atoms with Crippen LogP contribution in [0.15, 0.2) is 10.1 Å². The number of carbonyl (C=O) groups is 1. The van der Waals surface area contributed by atoms with Crippen molar-refractivity contribution >= 4 is 28.7 Å². The Morgan fingerprint density at radius 3 is 2.89 bits per heavy atom. The predicted octanol–water partition coefficient (Wildman–Crippen LogP) is 3.16. The van der Waals surface area contributed by atoms with Gasteiger partial charge in [-0.3, -0.25) is 4.84 Å². The molecule has 0 aliphatic carbocycles. The van der Waals surface area contributed by atoms with Crippen LogP contribution < -0.4 is 5.32 Å². The summed E-state index contributed by atoms with van der Waals surface area (Å²) in [5, 5.41) is 6.61. The summed E-state index contributed by atoms with van der Waals surface area (Å²) in [7, 11) is 1.49. The van der Waals surface area contributed by atoms with Crippen LogP contribution in [0.1, 0.15) is 46.5 Å². The van der Waals surface area contributed by atoms with Gasteiger partial charge in [-0.15, -0.1) is 0 Å². The third-order valence-electron chi connectivity index (χ3n) is 3.01. The monoisotopic (exact) mass is 271 g/mol. The van der Waals surface area contributed by atoms with Gasteiger partial charge in [0.25, 0.3) is 0 Å². The van der Waals surface area contributed by atoms with E-state index in [4.69, 9.17) is 0 Å². The normalized spacial score (nSPS) is 25.1. The minimum atomic E-state index is -0.574. The van der Waals surface area contributed by atoms with E-state index in [-0.39, 0.29) is 4.75 Å². The highest BCUT2D eigenvalue weighted by Gasteiger charge is 2.36. The molecule has 0 saturated heterocycles. The first-order valence-corrected chi connectivity index (χ1v) is 7.05. The quantitative estimate of drug-likeness (QED) is 0.474. The van der Waals surface area contributed by atoms with E-state index in [1.807, 2.05) is 6.92 Å². The molecule has 1 aliphatic heterocycles. The van der Waals surface area contributed by atoms with E-state index >= 15 is 0 Å². The Labute approximate surface area is 112 Å². The van der Waals surface area contributed by atoms with Gasteiger partial charge in [0.15, 0.2) is 0 Å². The highest BCUT2D eigenvalue weighted by molar-refractivity contribution is 8.16. The lowest BCUT2D eigenvalue weighted by atomic mass is 9.98.